The number of hydrogen-bond donors (Lipinski definition) is 1. The van der Waals surface area contributed by atoms with Gasteiger partial charge in [0.15, 0.2) is 5.78 Å². The van der Waals surface area contributed by atoms with Crippen LogP contribution < -0.4 is 0 Å². The number of unbranched alkanes of at least 4 members (excludes halogenated alkanes) is 1. The molecule has 2 nitrogen and oxygen atoms in total. The molecule has 0 amide bonds. The first-order chi connectivity index (χ1) is 6.10. The van der Waals surface area contributed by atoms with Crippen LogP contribution in [0.25, 0.3) is 0 Å². The normalized spacial score (nSPS) is 15.4. The Morgan fingerprint density at radius 1 is 1.15 bits per heavy atom. The third-order valence-electron chi connectivity index (χ3n) is 2.45. The van der Waals surface area contributed by atoms with Crippen LogP contribution in [0.15, 0.2) is 0 Å². The van der Waals surface area contributed by atoms with Gasteiger partial charge in [-0.2, -0.15) is 0 Å². The fourth-order valence-electron chi connectivity index (χ4n) is 1.62. The van der Waals surface area contributed by atoms with Crippen LogP contribution >= 0.6 is 0 Å². The van der Waals surface area contributed by atoms with Crippen molar-refractivity contribution in [1.82, 2.24) is 0 Å². The Bertz CT molecular complexity index is 154. The maximum Gasteiger partial charge on any atom is 0.164 e. The topological polar surface area (TPSA) is 37.3 Å². The maximum atomic E-state index is 11.5. The van der Waals surface area contributed by atoms with Gasteiger partial charge in [0.2, 0.25) is 0 Å². The molecule has 0 saturated heterocycles. The van der Waals surface area contributed by atoms with Gasteiger partial charge in [-0.3, -0.25) is 4.79 Å². The van der Waals surface area contributed by atoms with Gasteiger partial charge in [0.05, 0.1) is 0 Å². The van der Waals surface area contributed by atoms with Crippen LogP contribution in [0.1, 0.15) is 59.3 Å². The largest absolute Gasteiger partial charge is 0.382 e. The van der Waals surface area contributed by atoms with Crippen molar-refractivity contribution in [2.75, 3.05) is 0 Å². The molecule has 78 valence electrons. The van der Waals surface area contributed by atoms with Gasteiger partial charge in [0.25, 0.3) is 0 Å². The van der Waals surface area contributed by atoms with Gasteiger partial charge >= 0.3 is 0 Å². The highest BCUT2D eigenvalue weighted by Gasteiger charge is 2.32. The van der Waals surface area contributed by atoms with Gasteiger partial charge in [-0.1, -0.05) is 40.0 Å². The Balaban J connectivity index is 4.23. The lowest BCUT2D eigenvalue weighted by Crippen LogP contribution is -2.38. The van der Waals surface area contributed by atoms with E-state index in [2.05, 4.69) is 6.92 Å². The van der Waals surface area contributed by atoms with Crippen LogP contribution in [0.2, 0.25) is 0 Å². The molecule has 0 saturated carbocycles. The van der Waals surface area contributed by atoms with Crippen LogP contribution in [-0.4, -0.2) is 16.5 Å². The standard InChI is InChI=1S/C11H22O2/c1-4-7-9-11(13,8-5-2)10(12)6-3/h13H,4-9H2,1-3H3. The Labute approximate surface area is 81.3 Å². The van der Waals surface area contributed by atoms with Crippen LogP contribution in [0.4, 0.5) is 0 Å². The van der Waals surface area contributed by atoms with E-state index < -0.39 is 5.60 Å². The molecule has 0 radical (unpaired) electrons. The molecule has 0 heterocycles. The van der Waals surface area contributed by atoms with E-state index in [4.69, 9.17) is 0 Å². The van der Waals surface area contributed by atoms with Crippen LogP contribution in [0.3, 0.4) is 0 Å². The first-order valence-electron chi connectivity index (χ1n) is 5.36. The van der Waals surface area contributed by atoms with E-state index >= 15 is 0 Å². The fourth-order valence-corrected chi connectivity index (χ4v) is 1.62. The van der Waals surface area contributed by atoms with Crippen molar-refractivity contribution in [1.29, 1.82) is 0 Å². The van der Waals surface area contributed by atoms with E-state index in [1.165, 1.54) is 0 Å². The lowest BCUT2D eigenvalue weighted by Gasteiger charge is -2.25. The van der Waals surface area contributed by atoms with E-state index in [-0.39, 0.29) is 5.78 Å². The van der Waals surface area contributed by atoms with Crippen molar-refractivity contribution in [2.45, 2.75) is 64.9 Å². The molecule has 0 aliphatic carbocycles. The summed E-state index contributed by atoms with van der Waals surface area (Å²) in [4.78, 5) is 11.5. The zero-order valence-electron chi connectivity index (χ0n) is 9.10. The van der Waals surface area contributed by atoms with Crippen molar-refractivity contribution in [3.05, 3.63) is 0 Å². The lowest BCUT2D eigenvalue weighted by atomic mass is 9.86. The van der Waals surface area contributed by atoms with Crippen molar-refractivity contribution in [2.24, 2.45) is 0 Å². The summed E-state index contributed by atoms with van der Waals surface area (Å²) in [6, 6.07) is 0. The van der Waals surface area contributed by atoms with Crippen molar-refractivity contribution < 1.29 is 9.90 Å². The lowest BCUT2D eigenvalue weighted by molar-refractivity contribution is -0.138. The summed E-state index contributed by atoms with van der Waals surface area (Å²) in [7, 11) is 0. The SMILES string of the molecule is CCCCC(O)(CCC)C(=O)CC. The molecular formula is C11H22O2. The van der Waals surface area contributed by atoms with Gasteiger partial charge in [-0.15, -0.1) is 0 Å². The van der Waals surface area contributed by atoms with Gasteiger partial charge < -0.3 is 5.11 Å². The average molecular weight is 186 g/mol. The minimum absolute atomic E-state index is 0.00259. The number of carbonyl (C=O) groups excluding carboxylic acids is 1. The summed E-state index contributed by atoms with van der Waals surface area (Å²) < 4.78 is 0. The Morgan fingerprint density at radius 2 is 1.77 bits per heavy atom. The molecule has 1 unspecified atom stereocenters. The van der Waals surface area contributed by atoms with Gasteiger partial charge in [0, 0.05) is 6.42 Å². The summed E-state index contributed by atoms with van der Waals surface area (Å²) in [5.41, 5.74) is -1.03. The molecule has 0 bridgehead atoms. The molecule has 0 aromatic carbocycles. The van der Waals surface area contributed by atoms with E-state index in [1.807, 2.05) is 13.8 Å². The minimum Gasteiger partial charge on any atom is -0.382 e. The molecule has 13 heavy (non-hydrogen) atoms. The van der Waals surface area contributed by atoms with Gasteiger partial charge in [-0.25, -0.2) is 0 Å². The smallest absolute Gasteiger partial charge is 0.164 e. The van der Waals surface area contributed by atoms with Gasteiger partial charge in [-0.05, 0) is 12.8 Å². The highest BCUT2D eigenvalue weighted by molar-refractivity contribution is 5.86. The van der Waals surface area contributed by atoms with Crippen molar-refractivity contribution in [3.63, 3.8) is 0 Å². The number of ketones is 1. The van der Waals surface area contributed by atoms with E-state index in [9.17, 15) is 9.90 Å². The second-order valence-electron chi connectivity index (χ2n) is 3.66. The fraction of sp³-hybridized carbons (Fsp3) is 0.909. The summed E-state index contributed by atoms with van der Waals surface area (Å²) in [5, 5.41) is 10.1. The highest BCUT2D eigenvalue weighted by Crippen LogP contribution is 2.22. The molecule has 2 heteroatoms. The maximum absolute atomic E-state index is 11.5. The van der Waals surface area contributed by atoms with Crippen LogP contribution in [0.5, 0.6) is 0 Å². The Morgan fingerprint density at radius 3 is 2.15 bits per heavy atom. The number of carbonyl (C=O) groups is 1. The van der Waals surface area contributed by atoms with E-state index in [0.29, 0.717) is 19.3 Å². The Hall–Kier alpha value is -0.370. The molecule has 1 atom stereocenters. The highest BCUT2D eigenvalue weighted by atomic mass is 16.3. The second-order valence-corrected chi connectivity index (χ2v) is 3.66. The molecular weight excluding hydrogens is 164 g/mol. The third-order valence-corrected chi connectivity index (χ3v) is 2.45. The molecule has 0 fully saturated rings. The summed E-state index contributed by atoms with van der Waals surface area (Å²) in [6.45, 7) is 5.89. The molecule has 0 aromatic heterocycles. The average Bonchev–Trinajstić information content (AvgIpc) is 2.14. The molecule has 0 rings (SSSR count). The van der Waals surface area contributed by atoms with Crippen LogP contribution in [0, 0.1) is 0 Å². The molecule has 1 N–H and O–H groups in total. The molecule has 0 aliphatic rings. The number of aliphatic hydroxyl groups is 1. The molecule has 0 spiro atoms. The monoisotopic (exact) mass is 186 g/mol. The first-order valence-corrected chi connectivity index (χ1v) is 5.36. The predicted octanol–water partition coefficient (Wildman–Crippen LogP) is 2.69. The number of hydrogen-bond acceptors (Lipinski definition) is 2. The second kappa shape index (κ2) is 6.14. The van der Waals surface area contributed by atoms with Crippen molar-refractivity contribution >= 4 is 5.78 Å². The zero-order valence-corrected chi connectivity index (χ0v) is 9.10. The third kappa shape index (κ3) is 3.90. The first kappa shape index (κ1) is 12.6. The summed E-state index contributed by atoms with van der Waals surface area (Å²) >= 11 is 0. The summed E-state index contributed by atoms with van der Waals surface area (Å²) in [6.07, 6.45) is 4.51. The van der Waals surface area contributed by atoms with E-state index in [1.54, 1.807) is 0 Å². The van der Waals surface area contributed by atoms with Crippen LogP contribution in [-0.2, 0) is 4.79 Å². The zero-order chi connectivity index (χ0) is 10.3. The Kier molecular flexibility index (Phi) is 5.97. The summed E-state index contributed by atoms with van der Waals surface area (Å²) in [5.74, 6) is 0.00259. The predicted molar refractivity (Wildman–Crippen MR) is 54.7 cm³/mol. The number of rotatable bonds is 7. The van der Waals surface area contributed by atoms with Gasteiger partial charge in [0.1, 0.15) is 5.60 Å². The van der Waals surface area contributed by atoms with Crippen molar-refractivity contribution in [3.8, 4) is 0 Å². The van der Waals surface area contributed by atoms with E-state index in [0.717, 1.165) is 19.3 Å². The quantitative estimate of drug-likeness (QED) is 0.663. The minimum atomic E-state index is -1.03. The number of Topliss-reactive ketones (excluding diaryl/α,β-unsaturated/α-hetero) is 1. The molecule has 0 aromatic rings. The molecule has 0 aliphatic heterocycles.